The molecule has 0 fully saturated rings. The number of hydrogen-bond acceptors (Lipinski definition) is 4. The third-order valence-electron chi connectivity index (χ3n) is 2.05. The molecule has 0 saturated carbocycles. The normalized spacial score (nSPS) is 22.8. The fourth-order valence-electron chi connectivity index (χ4n) is 1.41. The van der Waals surface area contributed by atoms with E-state index in [-0.39, 0.29) is 6.04 Å². The Morgan fingerprint density at radius 1 is 1.69 bits per heavy atom. The van der Waals surface area contributed by atoms with Gasteiger partial charge in [-0.05, 0) is 23.9 Å². The average Bonchev–Trinajstić information content (AvgIpc) is 2.51. The summed E-state index contributed by atoms with van der Waals surface area (Å²) in [4.78, 5) is 5.63. The lowest BCUT2D eigenvalue weighted by Gasteiger charge is -2.18. The molecule has 1 aromatic heterocycles. The van der Waals surface area contributed by atoms with Crippen LogP contribution in [-0.2, 0) is 4.74 Å². The van der Waals surface area contributed by atoms with Crippen LogP contribution in [0.25, 0.3) is 0 Å². The van der Waals surface area contributed by atoms with Gasteiger partial charge in [-0.15, -0.1) is 11.3 Å². The Hall–Kier alpha value is -0.870. The van der Waals surface area contributed by atoms with Crippen molar-refractivity contribution in [1.29, 1.82) is 0 Å². The number of rotatable bonds is 1. The molecule has 4 heteroatoms. The Bertz CT molecular complexity index is 332. The van der Waals surface area contributed by atoms with Crippen molar-refractivity contribution in [2.45, 2.75) is 13.0 Å². The smallest absolute Gasteiger partial charge is 0.121 e. The van der Waals surface area contributed by atoms with Crippen LogP contribution >= 0.6 is 11.3 Å². The van der Waals surface area contributed by atoms with Gasteiger partial charge in [0.05, 0.1) is 6.61 Å². The van der Waals surface area contributed by atoms with E-state index in [2.05, 4.69) is 23.4 Å². The Kier molecular flexibility index (Phi) is 2.33. The van der Waals surface area contributed by atoms with E-state index in [0.717, 1.165) is 0 Å². The number of aliphatic imine (C=N–C) groups is 1. The zero-order chi connectivity index (χ0) is 9.26. The van der Waals surface area contributed by atoms with Crippen molar-refractivity contribution >= 4 is 17.2 Å². The maximum Gasteiger partial charge on any atom is 0.121 e. The molecule has 0 aliphatic carbocycles. The molecule has 0 aromatic carbocycles. The highest BCUT2D eigenvalue weighted by Gasteiger charge is 2.18. The Morgan fingerprint density at radius 2 is 2.54 bits per heavy atom. The third-order valence-corrected chi connectivity index (χ3v) is 3.17. The molecule has 2 heterocycles. The summed E-state index contributed by atoms with van der Waals surface area (Å²) in [6.07, 6.45) is 0. The van der Waals surface area contributed by atoms with Gasteiger partial charge in [0.1, 0.15) is 18.5 Å². The molecule has 0 bridgehead atoms. The van der Waals surface area contributed by atoms with Crippen LogP contribution in [0.1, 0.15) is 16.5 Å². The second-order valence-corrected chi connectivity index (χ2v) is 4.07. The van der Waals surface area contributed by atoms with Crippen molar-refractivity contribution in [2.24, 2.45) is 10.7 Å². The van der Waals surface area contributed by atoms with Gasteiger partial charge in [-0.1, -0.05) is 0 Å². The zero-order valence-corrected chi connectivity index (χ0v) is 8.30. The van der Waals surface area contributed by atoms with Crippen LogP contribution in [0.4, 0.5) is 0 Å². The SMILES string of the molecule is Cc1ccsc1[C@H]1COCC(N)=N1. The zero-order valence-electron chi connectivity index (χ0n) is 7.49. The molecule has 0 saturated heterocycles. The average molecular weight is 196 g/mol. The highest BCUT2D eigenvalue weighted by Crippen LogP contribution is 2.28. The summed E-state index contributed by atoms with van der Waals surface area (Å²) in [7, 11) is 0. The van der Waals surface area contributed by atoms with Crippen molar-refractivity contribution in [2.75, 3.05) is 13.2 Å². The molecule has 1 aliphatic heterocycles. The third kappa shape index (κ3) is 1.73. The molecule has 1 atom stereocenters. The first-order chi connectivity index (χ1) is 6.27. The summed E-state index contributed by atoms with van der Waals surface area (Å²) in [5.74, 6) is 0.601. The number of nitrogens with zero attached hydrogens (tertiary/aromatic N) is 1. The van der Waals surface area contributed by atoms with Gasteiger partial charge in [0.15, 0.2) is 0 Å². The van der Waals surface area contributed by atoms with E-state index in [4.69, 9.17) is 10.5 Å². The van der Waals surface area contributed by atoms with Gasteiger partial charge < -0.3 is 10.5 Å². The van der Waals surface area contributed by atoms with Gasteiger partial charge in [-0.2, -0.15) is 0 Å². The first kappa shape index (κ1) is 8.72. The van der Waals surface area contributed by atoms with Crippen LogP contribution in [0.15, 0.2) is 16.4 Å². The Balaban J connectivity index is 2.26. The molecular formula is C9H12N2OS. The lowest BCUT2D eigenvalue weighted by molar-refractivity contribution is 0.144. The lowest BCUT2D eigenvalue weighted by Crippen LogP contribution is -2.27. The van der Waals surface area contributed by atoms with E-state index in [1.165, 1.54) is 10.4 Å². The quantitative estimate of drug-likeness (QED) is 0.739. The first-order valence-corrected chi connectivity index (χ1v) is 5.09. The summed E-state index contributed by atoms with van der Waals surface area (Å²) in [5, 5.41) is 2.07. The van der Waals surface area contributed by atoms with Crippen molar-refractivity contribution in [3.8, 4) is 0 Å². The van der Waals surface area contributed by atoms with Gasteiger partial charge in [0, 0.05) is 4.88 Å². The second-order valence-electron chi connectivity index (χ2n) is 3.12. The molecule has 1 aliphatic rings. The van der Waals surface area contributed by atoms with E-state index >= 15 is 0 Å². The molecule has 0 amide bonds. The summed E-state index contributed by atoms with van der Waals surface area (Å²) in [5.41, 5.74) is 6.89. The molecular weight excluding hydrogens is 184 g/mol. The van der Waals surface area contributed by atoms with Crippen LogP contribution in [-0.4, -0.2) is 19.0 Å². The van der Waals surface area contributed by atoms with Crippen LogP contribution in [0, 0.1) is 6.92 Å². The largest absolute Gasteiger partial charge is 0.386 e. The van der Waals surface area contributed by atoms with Crippen LogP contribution in [0.2, 0.25) is 0 Å². The molecule has 2 N–H and O–H groups in total. The van der Waals surface area contributed by atoms with Crippen LogP contribution in [0.5, 0.6) is 0 Å². The number of hydrogen-bond donors (Lipinski definition) is 1. The topological polar surface area (TPSA) is 47.6 Å². The minimum Gasteiger partial charge on any atom is -0.386 e. The number of aryl methyl sites for hydroxylation is 1. The number of ether oxygens (including phenoxy) is 1. The molecule has 2 rings (SSSR count). The highest BCUT2D eigenvalue weighted by atomic mass is 32.1. The van der Waals surface area contributed by atoms with Gasteiger partial charge in [0.25, 0.3) is 0 Å². The molecule has 1 aromatic rings. The summed E-state index contributed by atoms with van der Waals surface area (Å²) < 4.78 is 5.32. The predicted octanol–water partition coefficient (Wildman–Crippen LogP) is 1.49. The minimum atomic E-state index is 0.119. The molecule has 13 heavy (non-hydrogen) atoms. The van der Waals surface area contributed by atoms with E-state index in [1.54, 1.807) is 11.3 Å². The van der Waals surface area contributed by atoms with Gasteiger partial charge in [-0.25, -0.2) is 0 Å². The van der Waals surface area contributed by atoms with Crippen LogP contribution in [0.3, 0.4) is 0 Å². The highest BCUT2D eigenvalue weighted by molar-refractivity contribution is 7.10. The molecule has 0 unspecified atom stereocenters. The Labute approximate surface area is 81.2 Å². The number of nitrogens with two attached hydrogens (primary N) is 1. The maximum atomic E-state index is 5.61. The molecule has 0 spiro atoms. The van der Waals surface area contributed by atoms with Gasteiger partial charge in [0.2, 0.25) is 0 Å². The van der Waals surface area contributed by atoms with Crippen LogP contribution < -0.4 is 5.73 Å². The van der Waals surface area contributed by atoms with E-state index < -0.39 is 0 Å². The number of thiophene rings is 1. The summed E-state index contributed by atoms with van der Waals surface area (Å²) >= 11 is 1.72. The lowest BCUT2D eigenvalue weighted by atomic mass is 10.2. The molecule has 3 nitrogen and oxygen atoms in total. The predicted molar refractivity (Wildman–Crippen MR) is 54.2 cm³/mol. The van der Waals surface area contributed by atoms with Crippen molar-refractivity contribution in [1.82, 2.24) is 0 Å². The van der Waals surface area contributed by atoms with Gasteiger partial charge >= 0.3 is 0 Å². The Morgan fingerprint density at radius 3 is 3.15 bits per heavy atom. The second kappa shape index (κ2) is 3.47. The van der Waals surface area contributed by atoms with Crippen molar-refractivity contribution in [3.63, 3.8) is 0 Å². The van der Waals surface area contributed by atoms with E-state index in [0.29, 0.717) is 19.0 Å². The monoisotopic (exact) mass is 196 g/mol. The van der Waals surface area contributed by atoms with Gasteiger partial charge in [-0.3, -0.25) is 4.99 Å². The standard InChI is InChI=1S/C9H12N2OS/c1-6-2-3-13-9(6)7-4-12-5-8(10)11-7/h2-3,7H,4-5H2,1H3,(H2,10,11)/t7-/m1/s1. The fourth-order valence-corrected chi connectivity index (χ4v) is 2.36. The number of amidine groups is 1. The summed E-state index contributed by atoms with van der Waals surface area (Å²) in [6, 6.07) is 2.22. The first-order valence-electron chi connectivity index (χ1n) is 4.21. The van der Waals surface area contributed by atoms with Crippen molar-refractivity contribution < 1.29 is 4.74 Å². The summed E-state index contributed by atoms with van der Waals surface area (Å²) in [6.45, 7) is 3.22. The fraction of sp³-hybridized carbons (Fsp3) is 0.444. The maximum absolute atomic E-state index is 5.61. The van der Waals surface area contributed by atoms with Crippen molar-refractivity contribution in [3.05, 3.63) is 21.9 Å². The van der Waals surface area contributed by atoms with E-state index in [1.807, 2.05) is 0 Å². The molecule has 0 radical (unpaired) electrons. The van der Waals surface area contributed by atoms with E-state index in [9.17, 15) is 0 Å². The minimum absolute atomic E-state index is 0.119. The molecule has 70 valence electrons.